The number of rotatable bonds is 10. The van der Waals surface area contributed by atoms with Crippen LogP contribution in [0.25, 0.3) is 0 Å². The lowest BCUT2D eigenvalue weighted by atomic mass is 10.2. The Morgan fingerprint density at radius 1 is 1.15 bits per heavy atom. The summed E-state index contributed by atoms with van der Waals surface area (Å²) in [6.07, 6.45) is 3.14. The third-order valence-corrected chi connectivity index (χ3v) is 4.21. The van der Waals surface area contributed by atoms with Gasteiger partial charge in [-0.25, -0.2) is 13.1 Å². The van der Waals surface area contributed by atoms with Gasteiger partial charge in [0, 0.05) is 13.2 Å². The smallest absolute Gasteiger partial charge is 0.240 e. The van der Waals surface area contributed by atoms with E-state index in [1.165, 1.54) is 0 Å². The molecule has 6 heteroatoms. The minimum absolute atomic E-state index is 0.145. The summed E-state index contributed by atoms with van der Waals surface area (Å²) in [5, 5.41) is 8.64. The highest BCUT2D eigenvalue weighted by atomic mass is 32.2. The molecule has 5 nitrogen and oxygen atoms in total. The Hall–Kier alpha value is -1.11. The second-order valence-electron chi connectivity index (χ2n) is 4.50. The first kappa shape index (κ1) is 16.9. The van der Waals surface area contributed by atoms with Crippen LogP contribution in [-0.4, -0.2) is 33.3 Å². The predicted molar refractivity (Wildman–Crippen MR) is 78.4 cm³/mol. The average Bonchev–Trinajstić information content (AvgIpc) is 2.45. The highest BCUT2D eigenvalue weighted by Crippen LogP contribution is 2.16. The summed E-state index contributed by atoms with van der Waals surface area (Å²) >= 11 is 0. The van der Waals surface area contributed by atoms with Crippen molar-refractivity contribution in [2.45, 2.75) is 37.5 Å². The quantitative estimate of drug-likeness (QED) is 0.647. The monoisotopic (exact) mass is 301 g/mol. The number of benzene rings is 1. The molecule has 0 saturated heterocycles. The summed E-state index contributed by atoms with van der Waals surface area (Å²) in [7, 11) is -3.45. The van der Waals surface area contributed by atoms with E-state index in [0.717, 1.165) is 19.3 Å². The lowest BCUT2D eigenvalue weighted by molar-refractivity contribution is 0.283. The maximum absolute atomic E-state index is 12.0. The molecule has 0 heterocycles. The van der Waals surface area contributed by atoms with Crippen molar-refractivity contribution >= 4 is 10.0 Å². The highest BCUT2D eigenvalue weighted by molar-refractivity contribution is 7.89. The number of unbranched alkanes of at least 4 members (excludes halogenated alkanes) is 2. The zero-order chi connectivity index (χ0) is 14.8. The van der Waals surface area contributed by atoms with Gasteiger partial charge in [-0.2, -0.15) is 0 Å². The van der Waals surface area contributed by atoms with Crippen molar-refractivity contribution in [1.29, 1.82) is 0 Å². The second kappa shape index (κ2) is 8.94. The van der Waals surface area contributed by atoms with Crippen LogP contribution in [0.5, 0.6) is 5.75 Å². The number of hydrogen-bond acceptors (Lipinski definition) is 4. The minimum atomic E-state index is -3.45. The van der Waals surface area contributed by atoms with Gasteiger partial charge in [0.25, 0.3) is 0 Å². The first-order chi connectivity index (χ1) is 9.60. The SMILES string of the molecule is CCCOc1ccc(S(=O)(=O)NCCCCCO)cc1. The number of aliphatic hydroxyl groups is 1. The van der Waals surface area contributed by atoms with E-state index < -0.39 is 10.0 Å². The summed E-state index contributed by atoms with van der Waals surface area (Å²) in [6.45, 7) is 3.16. The summed E-state index contributed by atoms with van der Waals surface area (Å²) in [5.74, 6) is 0.675. The van der Waals surface area contributed by atoms with Crippen molar-refractivity contribution < 1.29 is 18.3 Å². The molecule has 0 unspecified atom stereocenters. The van der Waals surface area contributed by atoms with Crippen LogP contribution < -0.4 is 9.46 Å². The van der Waals surface area contributed by atoms with Crippen molar-refractivity contribution in [3.05, 3.63) is 24.3 Å². The molecule has 0 spiro atoms. The summed E-state index contributed by atoms with van der Waals surface area (Å²) in [5.41, 5.74) is 0. The van der Waals surface area contributed by atoms with Crippen LogP contribution in [0.2, 0.25) is 0 Å². The topological polar surface area (TPSA) is 75.6 Å². The molecule has 0 aliphatic heterocycles. The van der Waals surface area contributed by atoms with Crippen LogP contribution in [0.15, 0.2) is 29.2 Å². The van der Waals surface area contributed by atoms with Gasteiger partial charge in [-0.3, -0.25) is 0 Å². The molecule has 1 aromatic rings. The van der Waals surface area contributed by atoms with Gasteiger partial charge in [0.05, 0.1) is 11.5 Å². The van der Waals surface area contributed by atoms with Crippen LogP contribution in [0.4, 0.5) is 0 Å². The molecule has 1 aromatic carbocycles. The maximum atomic E-state index is 12.0. The van der Waals surface area contributed by atoms with Crippen molar-refractivity contribution in [3.8, 4) is 5.75 Å². The Labute approximate surface area is 121 Å². The Morgan fingerprint density at radius 2 is 1.85 bits per heavy atom. The number of hydrogen-bond donors (Lipinski definition) is 2. The van der Waals surface area contributed by atoms with Crippen LogP contribution in [0.3, 0.4) is 0 Å². The van der Waals surface area contributed by atoms with Gasteiger partial charge < -0.3 is 9.84 Å². The van der Waals surface area contributed by atoms with E-state index in [2.05, 4.69) is 4.72 Å². The largest absolute Gasteiger partial charge is 0.494 e. The number of nitrogens with one attached hydrogen (secondary N) is 1. The van der Waals surface area contributed by atoms with Crippen molar-refractivity contribution in [1.82, 2.24) is 4.72 Å². The van der Waals surface area contributed by atoms with E-state index in [-0.39, 0.29) is 11.5 Å². The molecular weight excluding hydrogens is 278 g/mol. The van der Waals surface area contributed by atoms with E-state index >= 15 is 0 Å². The van der Waals surface area contributed by atoms with Crippen molar-refractivity contribution in [2.75, 3.05) is 19.8 Å². The van der Waals surface area contributed by atoms with Gasteiger partial charge in [0.1, 0.15) is 5.75 Å². The molecule has 0 saturated carbocycles. The van der Waals surface area contributed by atoms with Gasteiger partial charge in [-0.1, -0.05) is 6.92 Å². The van der Waals surface area contributed by atoms with E-state index in [1.807, 2.05) is 6.92 Å². The summed E-state index contributed by atoms with van der Waals surface area (Å²) in [6, 6.07) is 6.41. The minimum Gasteiger partial charge on any atom is -0.494 e. The van der Waals surface area contributed by atoms with Gasteiger partial charge >= 0.3 is 0 Å². The molecule has 0 bridgehead atoms. The molecule has 0 fully saturated rings. The van der Waals surface area contributed by atoms with Crippen molar-refractivity contribution in [3.63, 3.8) is 0 Å². The number of ether oxygens (including phenoxy) is 1. The van der Waals surface area contributed by atoms with E-state index in [9.17, 15) is 8.42 Å². The summed E-state index contributed by atoms with van der Waals surface area (Å²) < 4.78 is 31.9. The molecule has 0 aliphatic rings. The van der Waals surface area contributed by atoms with E-state index in [0.29, 0.717) is 25.3 Å². The highest BCUT2D eigenvalue weighted by Gasteiger charge is 2.12. The molecule has 0 radical (unpaired) electrons. The Bertz CT molecular complexity index is 470. The fourth-order valence-corrected chi connectivity index (χ4v) is 2.71. The van der Waals surface area contributed by atoms with Gasteiger partial charge in [0.2, 0.25) is 10.0 Å². The molecule has 1 rings (SSSR count). The normalized spacial score (nSPS) is 11.5. The second-order valence-corrected chi connectivity index (χ2v) is 6.27. The average molecular weight is 301 g/mol. The van der Waals surface area contributed by atoms with Gasteiger partial charge in [-0.15, -0.1) is 0 Å². The lowest BCUT2D eigenvalue weighted by Gasteiger charge is -2.08. The predicted octanol–water partition coefficient (Wildman–Crippen LogP) is 1.92. The molecule has 20 heavy (non-hydrogen) atoms. The van der Waals surface area contributed by atoms with Crippen LogP contribution in [-0.2, 0) is 10.0 Å². The molecule has 114 valence electrons. The van der Waals surface area contributed by atoms with E-state index in [1.54, 1.807) is 24.3 Å². The zero-order valence-electron chi connectivity index (χ0n) is 11.8. The molecule has 0 aromatic heterocycles. The summed E-state index contributed by atoms with van der Waals surface area (Å²) in [4.78, 5) is 0.239. The van der Waals surface area contributed by atoms with E-state index in [4.69, 9.17) is 9.84 Å². The Kier molecular flexibility index (Phi) is 7.58. The molecular formula is C14H23NO4S. The molecule has 0 aliphatic carbocycles. The lowest BCUT2D eigenvalue weighted by Crippen LogP contribution is -2.24. The fraction of sp³-hybridized carbons (Fsp3) is 0.571. The van der Waals surface area contributed by atoms with Crippen molar-refractivity contribution in [2.24, 2.45) is 0 Å². The Balaban J connectivity index is 2.50. The van der Waals surface area contributed by atoms with Crippen LogP contribution in [0, 0.1) is 0 Å². The fourth-order valence-electron chi connectivity index (χ4n) is 1.64. The third-order valence-electron chi connectivity index (χ3n) is 2.73. The van der Waals surface area contributed by atoms with Gasteiger partial charge in [-0.05, 0) is 49.9 Å². The molecule has 2 N–H and O–H groups in total. The molecule has 0 atom stereocenters. The van der Waals surface area contributed by atoms with Gasteiger partial charge in [0.15, 0.2) is 0 Å². The zero-order valence-corrected chi connectivity index (χ0v) is 12.7. The first-order valence-electron chi connectivity index (χ1n) is 6.93. The van der Waals surface area contributed by atoms with Crippen LogP contribution >= 0.6 is 0 Å². The van der Waals surface area contributed by atoms with Crippen LogP contribution in [0.1, 0.15) is 32.6 Å². The number of aliphatic hydroxyl groups excluding tert-OH is 1. The first-order valence-corrected chi connectivity index (χ1v) is 8.42. The number of sulfonamides is 1. The Morgan fingerprint density at radius 3 is 2.45 bits per heavy atom. The molecule has 0 amide bonds. The maximum Gasteiger partial charge on any atom is 0.240 e. The third kappa shape index (κ3) is 5.90. The standard InChI is InChI=1S/C14H23NO4S/c1-2-12-19-13-6-8-14(9-7-13)20(17,18)15-10-4-3-5-11-16/h6-9,15-16H,2-5,10-12H2,1H3.